The highest BCUT2D eigenvalue weighted by Gasteiger charge is 2.09. The molecule has 1 aromatic rings. The maximum atomic E-state index is 11.7. The predicted molar refractivity (Wildman–Crippen MR) is 75.8 cm³/mol. The lowest BCUT2D eigenvalue weighted by Gasteiger charge is -2.14. The summed E-state index contributed by atoms with van der Waals surface area (Å²) in [6.07, 6.45) is 5.52. The molecule has 6 nitrogen and oxygen atoms in total. The van der Waals surface area contributed by atoms with Crippen molar-refractivity contribution in [2.45, 2.75) is 19.4 Å². The highest BCUT2D eigenvalue weighted by Crippen LogP contribution is 2.08. The number of nitrogens with zero attached hydrogens (tertiary/aromatic N) is 1. The fourth-order valence-corrected chi connectivity index (χ4v) is 1.97. The second kappa shape index (κ2) is 7.63. The summed E-state index contributed by atoms with van der Waals surface area (Å²) in [6.45, 7) is 1.92. The minimum atomic E-state index is -1.08. The van der Waals surface area contributed by atoms with Gasteiger partial charge in [0, 0.05) is 12.2 Å². The molecule has 1 aromatic heterocycles. The second-order valence-corrected chi connectivity index (χ2v) is 5.03. The van der Waals surface area contributed by atoms with E-state index >= 15 is 0 Å². The van der Waals surface area contributed by atoms with E-state index < -0.39 is 5.97 Å². The Morgan fingerprint density at radius 1 is 1.47 bits per heavy atom. The van der Waals surface area contributed by atoms with Crippen LogP contribution in [0.25, 0.3) is 0 Å². The Balaban J connectivity index is 2.52. The maximum Gasteiger partial charge on any atom is 0.337 e. The minimum Gasteiger partial charge on any atom is -0.478 e. The molecular formula is C12H17N3O3S. The Kier molecular flexibility index (Phi) is 6.14. The molecule has 1 unspecified atom stereocenters. The van der Waals surface area contributed by atoms with E-state index in [9.17, 15) is 9.59 Å². The molecule has 104 valence electrons. The van der Waals surface area contributed by atoms with Gasteiger partial charge in [0.05, 0.1) is 17.4 Å². The van der Waals surface area contributed by atoms with Gasteiger partial charge in [-0.3, -0.25) is 4.98 Å². The number of aromatic nitrogens is 1. The van der Waals surface area contributed by atoms with Crippen LogP contribution in [-0.2, 0) is 0 Å². The van der Waals surface area contributed by atoms with E-state index in [1.807, 2.05) is 13.2 Å². The molecule has 0 radical (unpaired) electrons. The van der Waals surface area contributed by atoms with E-state index in [1.54, 1.807) is 11.8 Å². The van der Waals surface area contributed by atoms with Gasteiger partial charge in [-0.05, 0) is 31.4 Å². The number of hydrogen-bond donors (Lipinski definition) is 3. The van der Waals surface area contributed by atoms with Gasteiger partial charge in [0.25, 0.3) is 0 Å². The summed E-state index contributed by atoms with van der Waals surface area (Å²) in [4.78, 5) is 26.2. The molecule has 2 amide bonds. The van der Waals surface area contributed by atoms with Gasteiger partial charge < -0.3 is 15.7 Å². The number of rotatable bonds is 6. The van der Waals surface area contributed by atoms with Crippen molar-refractivity contribution in [2.75, 3.05) is 17.3 Å². The van der Waals surface area contributed by atoms with Crippen LogP contribution in [0.1, 0.15) is 23.7 Å². The number of amides is 2. The van der Waals surface area contributed by atoms with Crippen LogP contribution in [0.2, 0.25) is 0 Å². The third kappa shape index (κ3) is 5.60. The summed E-state index contributed by atoms with van der Waals surface area (Å²) >= 11 is 1.72. The normalized spacial score (nSPS) is 11.7. The molecule has 0 saturated carbocycles. The number of carbonyl (C=O) groups excluding carboxylic acids is 1. The lowest BCUT2D eigenvalue weighted by molar-refractivity contribution is 0.0696. The quantitative estimate of drug-likeness (QED) is 0.743. The first kappa shape index (κ1) is 15.3. The summed E-state index contributed by atoms with van der Waals surface area (Å²) in [5, 5.41) is 14.2. The van der Waals surface area contributed by atoms with E-state index in [-0.39, 0.29) is 17.6 Å². The molecule has 1 heterocycles. The zero-order chi connectivity index (χ0) is 14.3. The standard InChI is InChI=1S/C12H17N3O3S/c1-8(3-4-19-2)14-12(18)15-10-5-9(11(16)17)6-13-7-10/h5-8H,3-4H2,1-2H3,(H,16,17)(H2,14,15,18). The molecular weight excluding hydrogens is 266 g/mol. The van der Waals surface area contributed by atoms with Crippen molar-refractivity contribution < 1.29 is 14.7 Å². The summed E-state index contributed by atoms with van der Waals surface area (Å²) in [5.41, 5.74) is 0.391. The largest absolute Gasteiger partial charge is 0.478 e. The van der Waals surface area contributed by atoms with Gasteiger partial charge in [0.2, 0.25) is 0 Å². The van der Waals surface area contributed by atoms with E-state index in [2.05, 4.69) is 15.6 Å². The smallest absolute Gasteiger partial charge is 0.337 e. The molecule has 0 saturated heterocycles. The van der Waals surface area contributed by atoms with Gasteiger partial charge in [-0.25, -0.2) is 9.59 Å². The third-order valence-corrected chi connectivity index (χ3v) is 3.02. The number of aromatic carboxylic acids is 1. The summed E-state index contributed by atoms with van der Waals surface area (Å²) < 4.78 is 0. The molecule has 0 aliphatic carbocycles. The van der Waals surface area contributed by atoms with Crippen LogP contribution in [0.3, 0.4) is 0 Å². The van der Waals surface area contributed by atoms with E-state index in [1.165, 1.54) is 18.5 Å². The van der Waals surface area contributed by atoms with Crippen molar-refractivity contribution in [3.05, 3.63) is 24.0 Å². The third-order valence-electron chi connectivity index (χ3n) is 2.38. The molecule has 1 atom stereocenters. The number of urea groups is 1. The monoisotopic (exact) mass is 283 g/mol. The van der Waals surface area contributed by atoms with Gasteiger partial charge in [-0.15, -0.1) is 0 Å². The van der Waals surface area contributed by atoms with Crippen molar-refractivity contribution >= 4 is 29.4 Å². The molecule has 0 aromatic carbocycles. The number of pyridine rings is 1. The highest BCUT2D eigenvalue weighted by molar-refractivity contribution is 7.98. The number of carboxylic acids is 1. The fraction of sp³-hybridized carbons (Fsp3) is 0.417. The van der Waals surface area contributed by atoms with Crippen LogP contribution in [0.5, 0.6) is 0 Å². The van der Waals surface area contributed by atoms with E-state index in [0.29, 0.717) is 5.69 Å². The number of nitrogens with one attached hydrogen (secondary N) is 2. The van der Waals surface area contributed by atoms with E-state index in [0.717, 1.165) is 12.2 Å². The number of hydrogen-bond acceptors (Lipinski definition) is 4. The molecule has 0 fully saturated rings. The topological polar surface area (TPSA) is 91.3 Å². The zero-order valence-corrected chi connectivity index (χ0v) is 11.7. The maximum absolute atomic E-state index is 11.7. The van der Waals surface area contributed by atoms with Crippen molar-refractivity contribution in [1.82, 2.24) is 10.3 Å². The predicted octanol–water partition coefficient (Wildman–Crippen LogP) is 2.04. The first-order valence-corrected chi connectivity index (χ1v) is 7.17. The lowest BCUT2D eigenvalue weighted by Crippen LogP contribution is -2.36. The summed E-state index contributed by atoms with van der Waals surface area (Å²) in [5.74, 6) is -0.109. The van der Waals surface area contributed by atoms with Crippen LogP contribution in [0.15, 0.2) is 18.5 Å². The molecule has 3 N–H and O–H groups in total. The minimum absolute atomic E-state index is 0.0354. The second-order valence-electron chi connectivity index (χ2n) is 4.05. The average Bonchev–Trinajstić information content (AvgIpc) is 2.36. The van der Waals surface area contributed by atoms with Crippen LogP contribution in [-0.4, -0.2) is 40.1 Å². The molecule has 0 bridgehead atoms. The Morgan fingerprint density at radius 3 is 2.84 bits per heavy atom. The van der Waals surface area contributed by atoms with Crippen molar-refractivity contribution in [2.24, 2.45) is 0 Å². The van der Waals surface area contributed by atoms with Gasteiger partial charge in [0.1, 0.15) is 0 Å². The van der Waals surface area contributed by atoms with Crippen LogP contribution in [0.4, 0.5) is 10.5 Å². The lowest BCUT2D eigenvalue weighted by atomic mass is 10.2. The van der Waals surface area contributed by atoms with Crippen LogP contribution >= 0.6 is 11.8 Å². The fourth-order valence-electron chi connectivity index (χ4n) is 1.38. The number of carboxylic acid groups (broad SMARTS) is 1. The van der Waals surface area contributed by atoms with Crippen LogP contribution < -0.4 is 10.6 Å². The van der Waals surface area contributed by atoms with Crippen molar-refractivity contribution in [3.63, 3.8) is 0 Å². The van der Waals surface area contributed by atoms with Gasteiger partial charge in [-0.1, -0.05) is 0 Å². The Labute approximate surface area is 116 Å². The molecule has 0 aliphatic rings. The number of thioether (sulfide) groups is 1. The Morgan fingerprint density at radius 2 is 2.21 bits per heavy atom. The first-order valence-electron chi connectivity index (χ1n) is 5.77. The van der Waals surface area contributed by atoms with Gasteiger partial charge >= 0.3 is 12.0 Å². The molecule has 19 heavy (non-hydrogen) atoms. The van der Waals surface area contributed by atoms with Crippen molar-refractivity contribution in [3.8, 4) is 0 Å². The highest BCUT2D eigenvalue weighted by atomic mass is 32.2. The van der Waals surface area contributed by atoms with Gasteiger partial charge in [-0.2, -0.15) is 11.8 Å². The van der Waals surface area contributed by atoms with Gasteiger partial charge in [0.15, 0.2) is 0 Å². The molecule has 1 rings (SSSR count). The Bertz CT molecular complexity index is 454. The summed E-state index contributed by atoms with van der Waals surface area (Å²) in [7, 11) is 0. The molecule has 0 spiro atoms. The van der Waals surface area contributed by atoms with Crippen LogP contribution in [0, 0.1) is 0 Å². The Hall–Kier alpha value is -1.76. The average molecular weight is 283 g/mol. The molecule has 0 aliphatic heterocycles. The van der Waals surface area contributed by atoms with E-state index in [4.69, 9.17) is 5.11 Å². The summed E-state index contributed by atoms with van der Waals surface area (Å²) in [6, 6.07) is 1.06. The molecule has 7 heteroatoms. The zero-order valence-electron chi connectivity index (χ0n) is 10.8. The van der Waals surface area contributed by atoms with Crippen molar-refractivity contribution in [1.29, 1.82) is 0 Å². The SMILES string of the molecule is CSCCC(C)NC(=O)Nc1cncc(C(=O)O)c1. The number of anilines is 1. The first-order chi connectivity index (χ1) is 9.02. The number of carbonyl (C=O) groups is 2.